The van der Waals surface area contributed by atoms with E-state index in [0.29, 0.717) is 11.7 Å². The van der Waals surface area contributed by atoms with E-state index < -0.39 is 0 Å². The Morgan fingerprint density at radius 1 is 0.800 bits per heavy atom. The number of hydrogen-bond acceptors (Lipinski definition) is 2. The maximum atomic E-state index is 5.93. The van der Waals surface area contributed by atoms with Gasteiger partial charge in [-0.15, -0.1) is 0 Å². The van der Waals surface area contributed by atoms with Crippen molar-refractivity contribution in [2.45, 2.75) is 77.3 Å². The second-order valence-electron chi connectivity index (χ2n) is 4.21. The van der Waals surface area contributed by atoms with Gasteiger partial charge < -0.3 is 9.47 Å². The molecule has 0 bridgehead atoms. The average Bonchev–Trinajstić information content (AvgIpc) is 2.19. The molecule has 90 valence electrons. The summed E-state index contributed by atoms with van der Waals surface area (Å²) >= 11 is 0. The van der Waals surface area contributed by atoms with Gasteiger partial charge in [0.15, 0.2) is 6.29 Å². The molecule has 2 atom stereocenters. The van der Waals surface area contributed by atoms with Crippen LogP contribution in [0.5, 0.6) is 0 Å². The van der Waals surface area contributed by atoms with Crippen molar-refractivity contribution in [1.29, 1.82) is 0 Å². The summed E-state index contributed by atoms with van der Waals surface area (Å²) in [6.07, 6.45) is 7.09. The largest absolute Gasteiger partial charge is 0.345 e. The van der Waals surface area contributed by atoms with Crippen LogP contribution in [0, 0.1) is 0 Å². The third kappa shape index (κ3) is 4.80. The lowest BCUT2D eigenvalue weighted by Crippen LogP contribution is -2.32. The van der Waals surface area contributed by atoms with Gasteiger partial charge in [0.1, 0.15) is 0 Å². The van der Waals surface area contributed by atoms with Gasteiger partial charge >= 0.3 is 0 Å². The molecule has 2 unspecified atom stereocenters. The Kier molecular flexibility index (Phi) is 6.79. The summed E-state index contributed by atoms with van der Waals surface area (Å²) in [5, 5.41) is 0. The Morgan fingerprint density at radius 3 is 1.67 bits per heavy atom. The van der Waals surface area contributed by atoms with Crippen LogP contribution in [0.4, 0.5) is 0 Å². The molecule has 15 heavy (non-hydrogen) atoms. The van der Waals surface area contributed by atoms with Crippen LogP contribution in [0.25, 0.3) is 0 Å². The SMILES string of the molecule is CCCC1OC(CCC)PC(CCC)O1. The van der Waals surface area contributed by atoms with Crippen molar-refractivity contribution < 1.29 is 9.47 Å². The lowest BCUT2D eigenvalue weighted by molar-refractivity contribution is -0.181. The number of hydrogen-bond donors (Lipinski definition) is 0. The first-order valence-corrected chi connectivity index (χ1v) is 7.52. The minimum Gasteiger partial charge on any atom is -0.345 e. The van der Waals surface area contributed by atoms with Gasteiger partial charge in [-0.1, -0.05) is 48.6 Å². The smallest absolute Gasteiger partial charge is 0.159 e. The topological polar surface area (TPSA) is 18.5 Å². The van der Waals surface area contributed by atoms with Crippen LogP contribution in [0.15, 0.2) is 0 Å². The maximum Gasteiger partial charge on any atom is 0.159 e. The van der Waals surface area contributed by atoms with Crippen LogP contribution in [-0.2, 0) is 9.47 Å². The van der Waals surface area contributed by atoms with Crippen LogP contribution < -0.4 is 0 Å². The zero-order chi connectivity index (χ0) is 11.1. The molecule has 0 aromatic rings. The van der Waals surface area contributed by atoms with Crippen molar-refractivity contribution in [2.75, 3.05) is 0 Å². The first kappa shape index (κ1) is 13.4. The second kappa shape index (κ2) is 7.60. The van der Waals surface area contributed by atoms with E-state index in [-0.39, 0.29) is 6.29 Å². The molecule has 0 aromatic heterocycles. The average molecular weight is 232 g/mol. The first-order chi connectivity index (χ1) is 7.30. The van der Waals surface area contributed by atoms with E-state index in [2.05, 4.69) is 20.8 Å². The summed E-state index contributed by atoms with van der Waals surface area (Å²) in [6.45, 7) is 6.65. The molecule has 0 aliphatic carbocycles. The van der Waals surface area contributed by atoms with Crippen LogP contribution in [-0.4, -0.2) is 18.0 Å². The Balaban J connectivity index is 2.40. The fourth-order valence-corrected chi connectivity index (χ4v) is 3.67. The highest BCUT2D eigenvalue weighted by atomic mass is 31.1. The fraction of sp³-hybridized carbons (Fsp3) is 1.00. The minimum atomic E-state index is 0.0735. The van der Waals surface area contributed by atoms with Crippen molar-refractivity contribution in [3.63, 3.8) is 0 Å². The van der Waals surface area contributed by atoms with Gasteiger partial charge in [0.25, 0.3) is 0 Å². The molecule has 1 aliphatic rings. The predicted octanol–water partition coefficient (Wildman–Crippen LogP) is 4.09. The molecule has 0 aromatic carbocycles. The molecule has 1 rings (SSSR count). The van der Waals surface area contributed by atoms with E-state index in [0.717, 1.165) is 21.4 Å². The Hall–Kier alpha value is 0.350. The fourth-order valence-electron chi connectivity index (χ4n) is 1.88. The van der Waals surface area contributed by atoms with Gasteiger partial charge in [0.05, 0.1) is 11.7 Å². The predicted molar refractivity (Wildman–Crippen MR) is 66.6 cm³/mol. The monoisotopic (exact) mass is 232 g/mol. The van der Waals surface area contributed by atoms with E-state index in [1.807, 2.05) is 0 Å². The number of ether oxygens (including phenoxy) is 2. The molecule has 1 heterocycles. The Morgan fingerprint density at radius 2 is 1.27 bits per heavy atom. The molecular weight excluding hydrogens is 207 g/mol. The van der Waals surface area contributed by atoms with Gasteiger partial charge in [-0.2, -0.15) is 0 Å². The van der Waals surface area contributed by atoms with E-state index in [1.54, 1.807) is 0 Å². The van der Waals surface area contributed by atoms with Crippen molar-refractivity contribution in [1.82, 2.24) is 0 Å². The Bertz CT molecular complexity index is 129. The molecule has 1 saturated heterocycles. The lowest BCUT2D eigenvalue weighted by atomic mass is 10.3. The molecule has 0 radical (unpaired) electrons. The first-order valence-electron chi connectivity index (χ1n) is 6.37. The Labute approximate surface area is 95.9 Å². The third-order valence-electron chi connectivity index (χ3n) is 2.63. The molecule has 0 spiro atoms. The summed E-state index contributed by atoms with van der Waals surface area (Å²) in [6, 6.07) is 0. The summed E-state index contributed by atoms with van der Waals surface area (Å²) < 4.78 is 11.9. The quantitative estimate of drug-likeness (QED) is 0.642. The van der Waals surface area contributed by atoms with Gasteiger partial charge in [-0.25, -0.2) is 0 Å². The molecular formula is C12H25O2P. The minimum absolute atomic E-state index is 0.0735. The van der Waals surface area contributed by atoms with E-state index >= 15 is 0 Å². The highest BCUT2D eigenvalue weighted by Crippen LogP contribution is 2.39. The summed E-state index contributed by atoms with van der Waals surface area (Å²) in [5.41, 5.74) is 0. The zero-order valence-electron chi connectivity index (χ0n) is 10.3. The zero-order valence-corrected chi connectivity index (χ0v) is 11.3. The van der Waals surface area contributed by atoms with Crippen LogP contribution >= 0.6 is 8.58 Å². The molecule has 1 fully saturated rings. The van der Waals surface area contributed by atoms with Crippen molar-refractivity contribution in [2.24, 2.45) is 0 Å². The molecule has 0 saturated carbocycles. The third-order valence-corrected chi connectivity index (χ3v) is 4.22. The highest BCUT2D eigenvalue weighted by Gasteiger charge is 2.28. The molecule has 1 aliphatic heterocycles. The molecule has 0 amide bonds. The maximum absolute atomic E-state index is 5.93. The summed E-state index contributed by atoms with van der Waals surface area (Å²) in [4.78, 5) is 0. The molecule has 0 N–H and O–H groups in total. The van der Waals surface area contributed by atoms with E-state index in [1.165, 1.54) is 25.7 Å². The van der Waals surface area contributed by atoms with E-state index in [9.17, 15) is 0 Å². The van der Waals surface area contributed by atoms with Crippen LogP contribution in [0.3, 0.4) is 0 Å². The van der Waals surface area contributed by atoms with Gasteiger partial charge in [0, 0.05) is 0 Å². The van der Waals surface area contributed by atoms with Gasteiger partial charge in [-0.05, 0) is 19.3 Å². The highest BCUT2D eigenvalue weighted by molar-refractivity contribution is 7.39. The van der Waals surface area contributed by atoms with Crippen molar-refractivity contribution in [3.05, 3.63) is 0 Å². The summed E-state index contributed by atoms with van der Waals surface area (Å²) in [7, 11) is 0.844. The second-order valence-corrected chi connectivity index (χ2v) is 5.83. The van der Waals surface area contributed by atoms with Gasteiger partial charge in [0.2, 0.25) is 0 Å². The van der Waals surface area contributed by atoms with Crippen molar-refractivity contribution in [3.8, 4) is 0 Å². The standard InChI is InChI=1S/C12H25O2P/c1-4-7-10-13-11(8-5-2)15-12(14-10)9-6-3/h10-12,15H,4-9H2,1-3H3. The van der Waals surface area contributed by atoms with Crippen LogP contribution in [0.2, 0.25) is 0 Å². The van der Waals surface area contributed by atoms with Gasteiger partial charge in [-0.3, -0.25) is 0 Å². The number of rotatable bonds is 6. The molecule has 2 nitrogen and oxygen atoms in total. The summed E-state index contributed by atoms with van der Waals surface area (Å²) in [5.74, 6) is 0.939. The van der Waals surface area contributed by atoms with Crippen molar-refractivity contribution >= 4 is 8.58 Å². The van der Waals surface area contributed by atoms with E-state index in [4.69, 9.17) is 9.47 Å². The lowest BCUT2D eigenvalue weighted by Gasteiger charge is -2.35. The normalized spacial score (nSPS) is 33.4. The van der Waals surface area contributed by atoms with Crippen LogP contribution in [0.1, 0.15) is 59.3 Å². The molecule has 3 heteroatoms.